The van der Waals surface area contributed by atoms with E-state index in [-0.39, 0.29) is 6.04 Å². The highest BCUT2D eigenvalue weighted by atomic mass is 35.5. The highest BCUT2D eigenvalue weighted by Crippen LogP contribution is 2.26. The van der Waals surface area contributed by atoms with E-state index in [1.54, 1.807) is 6.07 Å². The summed E-state index contributed by atoms with van der Waals surface area (Å²) in [6.45, 7) is 3.41. The molecule has 134 valence electrons. The number of rotatable bonds is 7. The Morgan fingerprint density at radius 1 is 0.885 bits per heavy atom. The Kier molecular flexibility index (Phi) is 6.56. The second-order valence-corrected chi connectivity index (χ2v) is 7.03. The third-order valence-electron chi connectivity index (χ3n) is 4.21. The molecule has 1 atom stereocenters. The molecule has 0 aliphatic heterocycles. The highest BCUT2D eigenvalue weighted by molar-refractivity contribution is 6.35. The van der Waals surface area contributed by atoms with E-state index in [1.807, 2.05) is 42.5 Å². The van der Waals surface area contributed by atoms with E-state index < -0.39 is 0 Å². The molecule has 3 aromatic rings. The molecule has 26 heavy (non-hydrogen) atoms. The molecule has 0 bridgehead atoms. The predicted octanol–water partition coefficient (Wildman–Crippen LogP) is 6.42. The smallest absolute Gasteiger partial charge is 0.119 e. The summed E-state index contributed by atoms with van der Waals surface area (Å²) >= 11 is 12.2. The monoisotopic (exact) mass is 385 g/mol. The Morgan fingerprint density at radius 2 is 1.62 bits per heavy atom. The molecule has 0 aliphatic rings. The summed E-state index contributed by atoms with van der Waals surface area (Å²) in [5.41, 5.74) is 3.39. The molecule has 0 saturated carbocycles. The maximum atomic E-state index is 6.27. The molecule has 0 fully saturated rings. The topological polar surface area (TPSA) is 21.3 Å². The number of halogens is 2. The second-order valence-electron chi connectivity index (χ2n) is 6.19. The van der Waals surface area contributed by atoms with Crippen molar-refractivity contribution in [3.05, 3.63) is 99.5 Å². The first kappa shape index (κ1) is 18.8. The van der Waals surface area contributed by atoms with Crippen LogP contribution in [0.5, 0.6) is 5.75 Å². The van der Waals surface area contributed by atoms with Crippen LogP contribution in [0.4, 0.5) is 0 Å². The zero-order chi connectivity index (χ0) is 18.4. The molecule has 0 spiro atoms. The fourth-order valence-corrected chi connectivity index (χ4v) is 3.25. The van der Waals surface area contributed by atoms with Crippen LogP contribution in [-0.4, -0.2) is 0 Å². The quantitative estimate of drug-likeness (QED) is 0.506. The summed E-state index contributed by atoms with van der Waals surface area (Å²) < 4.78 is 5.82. The average Bonchev–Trinajstić information content (AvgIpc) is 2.66. The van der Waals surface area contributed by atoms with Gasteiger partial charge in [-0.1, -0.05) is 71.7 Å². The van der Waals surface area contributed by atoms with Crippen molar-refractivity contribution in [1.82, 2.24) is 5.32 Å². The van der Waals surface area contributed by atoms with Gasteiger partial charge < -0.3 is 10.1 Å². The van der Waals surface area contributed by atoms with Crippen LogP contribution in [0, 0.1) is 0 Å². The van der Waals surface area contributed by atoms with Gasteiger partial charge in [0.15, 0.2) is 0 Å². The maximum Gasteiger partial charge on any atom is 0.119 e. The van der Waals surface area contributed by atoms with Crippen molar-refractivity contribution in [2.75, 3.05) is 0 Å². The van der Waals surface area contributed by atoms with Crippen LogP contribution in [0.2, 0.25) is 10.0 Å². The molecule has 0 saturated heterocycles. The number of hydrogen-bond donors (Lipinski definition) is 1. The molecule has 4 heteroatoms. The minimum Gasteiger partial charge on any atom is -0.489 e. The van der Waals surface area contributed by atoms with Gasteiger partial charge in [-0.25, -0.2) is 0 Å². The summed E-state index contributed by atoms with van der Waals surface area (Å²) in [6, 6.07) is 24.0. The maximum absolute atomic E-state index is 6.27. The molecule has 0 heterocycles. The van der Waals surface area contributed by atoms with Gasteiger partial charge in [-0.3, -0.25) is 0 Å². The first-order chi connectivity index (χ1) is 12.6. The highest BCUT2D eigenvalue weighted by Gasteiger charge is 2.09. The van der Waals surface area contributed by atoms with E-state index in [9.17, 15) is 0 Å². The summed E-state index contributed by atoms with van der Waals surface area (Å²) in [6.07, 6.45) is 0. The number of benzene rings is 3. The standard InChI is InChI=1S/C22H21Cl2NO/c1-16(21-12-9-19(23)13-22(21)24)25-14-17-7-10-20(11-8-17)26-15-18-5-3-2-4-6-18/h2-13,16,25H,14-15H2,1H3. The number of ether oxygens (including phenoxy) is 1. The lowest BCUT2D eigenvalue weighted by Gasteiger charge is -2.16. The normalized spacial score (nSPS) is 12.0. The van der Waals surface area contributed by atoms with Gasteiger partial charge >= 0.3 is 0 Å². The molecule has 0 aliphatic carbocycles. The molecule has 2 nitrogen and oxygen atoms in total. The van der Waals surface area contributed by atoms with Crippen LogP contribution >= 0.6 is 23.2 Å². The fraction of sp³-hybridized carbons (Fsp3) is 0.182. The minimum absolute atomic E-state index is 0.133. The Labute approximate surface area is 164 Å². The molecular formula is C22H21Cl2NO. The van der Waals surface area contributed by atoms with Gasteiger partial charge in [-0.2, -0.15) is 0 Å². The van der Waals surface area contributed by atoms with Crippen LogP contribution in [-0.2, 0) is 13.2 Å². The molecule has 3 aromatic carbocycles. The SMILES string of the molecule is CC(NCc1ccc(OCc2ccccc2)cc1)c1ccc(Cl)cc1Cl. The average molecular weight is 386 g/mol. The second kappa shape index (κ2) is 9.09. The predicted molar refractivity (Wildman–Crippen MR) is 109 cm³/mol. The lowest BCUT2D eigenvalue weighted by molar-refractivity contribution is 0.306. The Hall–Kier alpha value is -2.00. The van der Waals surface area contributed by atoms with E-state index in [2.05, 4.69) is 36.5 Å². The van der Waals surface area contributed by atoms with Crippen LogP contribution in [0.25, 0.3) is 0 Å². The Bertz CT molecular complexity index is 835. The zero-order valence-electron chi connectivity index (χ0n) is 14.6. The fourth-order valence-electron chi connectivity index (χ4n) is 2.68. The summed E-state index contributed by atoms with van der Waals surface area (Å²) in [4.78, 5) is 0. The van der Waals surface area contributed by atoms with Crippen LogP contribution in [0.1, 0.15) is 29.7 Å². The molecule has 0 radical (unpaired) electrons. The van der Waals surface area contributed by atoms with E-state index in [0.29, 0.717) is 16.7 Å². The summed E-state index contributed by atoms with van der Waals surface area (Å²) in [5, 5.41) is 4.82. The van der Waals surface area contributed by atoms with Crippen LogP contribution < -0.4 is 10.1 Å². The van der Waals surface area contributed by atoms with Crippen molar-refractivity contribution in [3.8, 4) is 5.75 Å². The number of hydrogen-bond acceptors (Lipinski definition) is 2. The Balaban J connectivity index is 1.52. The van der Waals surface area contributed by atoms with Crippen molar-refractivity contribution in [1.29, 1.82) is 0 Å². The summed E-state index contributed by atoms with van der Waals surface area (Å²) in [5.74, 6) is 0.867. The van der Waals surface area contributed by atoms with Crippen molar-refractivity contribution in [2.24, 2.45) is 0 Å². The molecular weight excluding hydrogens is 365 g/mol. The van der Waals surface area contributed by atoms with Crippen molar-refractivity contribution >= 4 is 23.2 Å². The van der Waals surface area contributed by atoms with Gasteiger partial charge in [-0.15, -0.1) is 0 Å². The zero-order valence-corrected chi connectivity index (χ0v) is 16.1. The van der Waals surface area contributed by atoms with Gasteiger partial charge in [0.1, 0.15) is 12.4 Å². The van der Waals surface area contributed by atoms with E-state index >= 15 is 0 Å². The molecule has 0 aromatic heterocycles. The minimum atomic E-state index is 0.133. The van der Waals surface area contributed by atoms with Gasteiger partial charge in [0.25, 0.3) is 0 Å². The molecule has 0 amide bonds. The number of nitrogens with one attached hydrogen (secondary N) is 1. The Morgan fingerprint density at radius 3 is 2.31 bits per heavy atom. The lowest BCUT2D eigenvalue weighted by Crippen LogP contribution is -2.18. The van der Waals surface area contributed by atoms with Gasteiger partial charge in [0, 0.05) is 22.6 Å². The first-order valence-corrected chi connectivity index (χ1v) is 9.31. The van der Waals surface area contributed by atoms with Crippen molar-refractivity contribution in [3.63, 3.8) is 0 Å². The third-order valence-corrected chi connectivity index (χ3v) is 4.78. The van der Waals surface area contributed by atoms with Crippen molar-refractivity contribution in [2.45, 2.75) is 26.1 Å². The molecule has 3 rings (SSSR count). The first-order valence-electron chi connectivity index (χ1n) is 8.56. The summed E-state index contributed by atoms with van der Waals surface area (Å²) in [7, 11) is 0. The molecule has 1 N–H and O–H groups in total. The van der Waals surface area contributed by atoms with Gasteiger partial charge in [0.05, 0.1) is 0 Å². The third kappa shape index (κ3) is 5.25. The van der Waals surface area contributed by atoms with Crippen LogP contribution in [0.3, 0.4) is 0 Å². The molecule has 1 unspecified atom stereocenters. The lowest BCUT2D eigenvalue weighted by atomic mass is 10.1. The van der Waals surface area contributed by atoms with E-state index in [4.69, 9.17) is 27.9 Å². The van der Waals surface area contributed by atoms with Crippen molar-refractivity contribution < 1.29 is 4.74 Å². The largest absolute Gasteiger partial charge is 0.489 e. The van der Waals surface area contributed by atoms with E-state index in [1.165, 1.54) is 5.56 Å². The van der Waals surface area contributed by atoms with Crippen LogP contribution in [0.15, 0.2) is 72.8 Å². The van der Waals surface area contributed by atoms with E-state index in [0.717, 1.165) is 23.4 Å². The van der Waals surface area contributed by atoms with Gasteiger partial charge in [-0.05, 0) is 47.9 Å². The van der Waals surface area contributed by atoms with Gasteiger partial charge in [0.2, 0.25) is 0 Å².